The van der Waals surface area contributed by atoms with Gasteiger partial charge in [0.15, 0.2) is 10.8 Å². The molecule has 0 aliphatic heterocycles. The molecule has 0 radical (unpaired) electrons. The van der Waals surface area contributed by atoms with E-state index in [1.165, 1.54) is 5.56 Å². The van der Waals surface area contributed by atoms with Gasteiger partial charge in [-0.25, -0.2) is 14.6 Å². The van der Waals surface area contributed by atoms with Gasteiger partial charge in [0.2, 0.25) is 0 Å². The molecule has 0 fully saturated rings. The van der Waals surface area contributed by atoms with Crippen molar-refractivity contribution < 1.29 is 9.53 Å². The summed E-state index contributed by atoms with van der Waals surface area (Å²) >= 11 is 1.61. The second-order valence-electron chi connectivity index (χ2n) is 9.33. The van der Waals surface area contributed by atoms with Gasteiger partial charge < -0.3 is 15.4 Å². The number of nitrogens with one attached hydrogen (secondary N) is 2. The number of anilines is 1. The summed E-state index contributed by atoms with van der Waals surface area (Å²) in [5.41, 5.74) is 2.66. The molecule has 1 aromatic carbocycles. The van der Waals surface area contributed by atoms with E-state index in [0.717, 1.165) is 16.9 Å². The molecule has 0 aliphatic rings. The molecule has 0 saturated heterocycles. The van der Waals surface area contributed by atoms with Gasteiger partial charge >= 0.3 is 0 Å². The van der Waals surface area contributed by atoms with E-state index in [0.29, 0.717) is 48.8 Å². The molecule has 0 spiro atoms. The molecule has 3 rings (SSSR count). The van der Waals surface area contributed by atoms with Crippen LogP contribution in [0.5, 0.6) is 0 Å². The molecular formula is C25H36N6O2S. The molecule has 34 heavy (non-hydrogen) atoms. The number of carbonyl (C=O) groups excluding carboxylic acids is 1. The quantitative estimate of drug-likeness (QED) is 0.235. The predicted octanol–water partition coefficient (Wildman–Crippen LogP) is 4.50. The zero-order valence-corrected chi connectivity index (χ0v) is 21.8. The fourth-order valence-corrected chi connectivity index (χ4v) is 4.09. The van der Waals surface area contributed by atoms with Crippen LogP contribution in [0, 0.1) is 0 Å². The number of amides is 1. The van der Waals surface area contributed by atoms with E-state index < -0.39 is 0 Å². The van der Waals surface area contributed by atoms with Gasteiger partial charge in [-0.2, -0.15) is 5.10 Å². The molecular weight excluding hydrogens is 448 g/mol. The van der Waals surface area contributed by atoms with Crippen LogP contribution in [0.1, 0.15) is 57.5 Å². The molecule has 0 aliphatic carbocycles. The van der Waals surface area contributed by atoms with E-state index in [-0.39, 0.29) is 11.3 Å². The van der Waals surface area contributed by atoms with Crippen molar-refractivity contribution in [1.82, 2.24) is 25.1 Å². The first-order valence-electron chi connectivity index (χ1n) is 11.8. The second-order valence-corrected chi connectivity index (χ2v) is 10.9. The first kappa shape index (κ1) is 26.0. The number of nitrogens with zero attached hydrogens (tertiary/aromatic N) is 4. The number of fused-ring (bicyclic) bond motifs is 1. The van der Waals surface area contributed by atoms with Crippen molar-refractivity contribution in [1.29, 1.82) is 0 Å². The summed E-state index contributed by atoms with van der Waals surface area (Å²) in [6.07, 6.45) is 1.77. The average molecular weight is 485 g/mol. The molecule has 0 unspecified atom stereocenters. The van der Waals surface area contributed by atoms with Crippen LogP contribution in [0.2, 0.25) is 0 Å². The van der Waals surface area contributed by atoms with Gasteiger partial charge in [0, 0.05) is 30.5 Å². The van der Waals surface area contributed by atoms with Crippen LogP contribution in [0.4, 0.5) is 5.82 Å². The van der Waals surface area contributed by atoms with Crippen molar-refractivity contribution in [3.63, 3.8) is 0 Å². The fraction of sp³-hybridized carbons (Fsp3) is 0.520. The molecule has 2 heterocycles. The molecule has 0 saturated carbocycles. The Labute approximate surface area is 206 Å². The summed E-state index contributed by atoms with van der Waals surface area (Å²) in [7, 11) is 0. The van der Waals surface area contributed by atoms with Crippen molar-refractivity contribution in [3.8, 4) is 0 Å². The maximum Gasteiger partial charge on any atom is 0.251 e. The van der Waals surface area contributed by atoms with E-state index >= 15 is 0 Å². The smallest absolute Gasteiger partial charge is 0.251 e. The lowest BCUT2D eigenvalue weighted by Gasteiger charge is -2.19. The van der Waals surface area contributed by atoms with Crippen LogP contribution >= 0.6 is 11.8 Å². The van der Waals surface area contributed by atoms with E-state index in [1.54, 1.807) is 18.0 Å². The molecule has 184 valence electrons. The Morgan fingerprint density at radius 2 is 1.88 bits per heavy atom. The number of thioether (sulfide) groups is 1. The fourth-order valence-electron chi connectivity index (χ4n) is 3.38. The van der Waals surface area contributed by atoms with Crippen molar-refractivity contribution in [3.05, 3.63) is 41.6 Å². The van der Waals surface area contributed by atoms with Crippen molar-refractivity contribution >= 4 is 34.5 Å². The third-order valence-electron chi connectivity index (χ3n) is 5.18. The highest BCUT2D eigenvalue weighted by atomic mass is 32.2. The van der Waals surface area contributed by atoms with E-state index in [2.05, 4.69) is 55.3 Å². The lowest BCUT2D eigenvalue weighted by Crippen LogP contribution is -2.27. The largest absolute Gasteiger partial charge is 0.380 e. The number of rotatable bonds is 11. The lowest BCUT2D eigenvalue weighted by atomic mass is 9.87. The number of ether oxygens (including phenoxy) is 1. The maximum atomic E-state index is 12.6. The summed E-state index contributed by atoms with van der Waals surface area (Å²) in [6.45, 7) is 15.6. The Morgan fingerprint density at radius 3 is 2.53 bits per heavy atom. The van der Waals surface area contributed by atoms with Gasteiger partial charge in [-0.15, -0.1) is 0 Å². The minimum Gasteiger partial charge on any atom is -0.380 e. The van der Waals surface area contributed by atoms with Crippen LogP contribution in [0.3, 0.4) is 0 Å². The van der Waals surface area contributed by atoms with Gasteiger partial charge in [-0.1, -0.05) is 58.5 Å². The van der Waals surface area contributed by atoms with Crippen LogP contribution in [-0.2, 0) is 16.7 Å². The van der Waals surface area contributed by atoms with Gasteiger partial charge in [0.05, 0.1) is 24.7 Å². The Kier molecular flexibility index (Phi) is 8.90. The number of benzene rings is 1. The average Bonchev–Trinajstić information content (AvgIpc) is 3.18. The minimum absolute atomic E-state index is 0.0570. The van der Waals surface area contributed by atoms with Crippen LogP contribution in [-0.4, -0.2) is 57.2 Å². The Hall–Kier alpha value is -2.65. The number of aromatic nitrogens is 4. The Morgan fingerprint density at radius 1 is 1.15 bits per heavy atom. The van der Waals surface area contributed by atoms with Gasteiger partial charge in [0.25, 0.3) is 5.91 Å². The molecule has 2 N–H and O–H groups in total. The van der Waals surface area contributed by atoms with Gasteiger partial charge in [-0.05, 0) is 30.0 Å². The van der Waals surface area contributed by atoms with Crippen LogP contribution in [0.25, 0.3) is 11.0 Å². The Balaban J connectivity index is 1.69. The molecule has 2 aromatic heterocycles. The Bertz CT molecular complexity index is 1090. The summed E-state index contributed by atoms with van der Waals surface area (Å²) in [4.78, 5) is 22.0. The summed E-state index contributed by atoms with van der Waals surface area (Å²) in [6, 6.07) is 7.78. The van der Waals surface area contributed by atoms with Crippen molar-refractivity contribution in [2.45, 2.75) is 63.9 Å². The summed E-state index contributed by atoms with van der Waals surface area (Å²) in [5.74, 6) is 0.656. The highest BCUT2D eigenvalue weighted by Crippen LogP contribution is 2.26. The van der Waals surface area contributed by atoms with Crippen molar-refractivity contribution in [2.75, 3.05) is 31.6 Å². The normalized spacial score (nSPS) is 11.9. The van der Waals surface area contributed by atoms with Crippen LogP contribution < -0.4 is 10.6 Å². The molecule has 0 atom stereocenters. The number of hydrogen-bond acceptors (Lipinski definition) is 7. The summed E-state index contributed by atoms with van der Waals surface area (Å²) in [5, 5.41) is 12.8. The molecule has 1 amide bonds. The first-order chi connectivity index (χ1) is 16.2. The monoisotopic (exact) mass is 484 g/mol. The second kappa shape index (κ2) is 11.7. The first-order valence-corrected chi connectivity index (χ1v) is 12.7. The SMILES string of the molecule is CCOCCNc1nc(SC(C)C)nc2c1cnn2CCNC(=O)c1ccc(C(C)(C)C)cc1. The zero-order chi connectivity index (χ0) is 24.7. The third-order valence-corrected chi connectivity index (χ3v) is 6.05. The van der Waals surface area contributed by atoms with Crippen LogP contribution in [0.15, 0.2) is 35.6 Å². The van der Waals surface area contributed by atoms with Crippen molar-refractivity contribution in [2.24, 2.45) is 0 Å². The van der Waals surface area contributed by atoms with E-state index in [9.17, 15) is 4.79 Å². The predicted molar refractivity (Wildman–Crippen MR) is 139 cm³/mol. The topological polar surface area (TPSA) is 94.0 Å². The molecule has 8 nitrogen and oxygen atoms in total. The van der Waals surface area contributed by atoms with E-state index in [4.69, 9.17) is 9.72 Å². The number of hydrogen-bond donors (Lipinski definition) is 2. The summed E-state index contributed by atoms with van der Waals surface area (Å²) < 4.78 is 7.25. The number of carbonyl (C=O) groups is 1. The van der Waals surface area contributed by atoms with Gasteiger partial charge in [0.1, 0.15) is 5.82 Å². The molecule has 0 bridgehead atoms. The molecule has 3 aromatic rings. The van der Waals surface area contributed by atoms with E-state index in [1.807, 2.05) is 35.9 Å². The lowest BCUT2D eigenvalue weighted by molar-refractivity contribution is 0.0952. The third kappa shape index (κ3) is 6.93. The zero-order valence-electron chi connectivity index (χ0n) is 21.0. The molecule has 9 heteroatoms. The standard InChI is InChI=1S/C25H36N6O2S/c1-7-33-15-13-26-21-20-16-28-31(22(20)30-24(29-21)34-17(2)3)14-12-27-23(32)18-8-10-19(11-9-18)25(4,5)6/h8-11,16-17H,7,12-15H2,1-6H3,(H,27,32)(H,26,29,30). The van der Waals surface area contributed by atoms with Gasteiger partial charge in [-0.3, -0.25) is 4.79 Å². The maximum absolute atomic E-state index is 12.6. The highest BCUT2D eigenvalue weighted by molar-refractivity contribution is 7.99. The minimum atomic E-state index is -0.0964. The highest BCUT2D eigenvalue weighted by Gasteiger charge is 2.16.